The fourth-order valence-corrected chi connectivity index (χ4v) is 2.25. The van der Waals surface area contributed by atoms with Crippen LogP contribution in [0.25, 0.3) is 17.0 Å². The lowest BCUT2D eigenvalue weighted by molar-refractivity contribution is 0.446. The first-order valence-corrected chi connectivity index (χ1v) is 7.13. The molecule has 0 aliphatic carbocycles. The summed E-state index contributed by atoms with van der Waals surface area (Å²) < 4.78 is 7.42. The van der Waals surface area contributed by atoms with Crippen LogP contribution in [0.2, 0.25) is 0 Å². The average Bonchev–Trinajstić information content (AvgIpc) is 3.12. The number of fused-ring (bicyclic) bond motifs is 1. The summed E-state index contributed by atoms with van der Waals surface area (Å²) in [6, 6.07) is 14.4. The maximum absolute atomic E-state index is 8.87. The van der Waals surface area contributed by atoms with Crippen LogP contribution in [0.3, 0.4) is 0 Å². The van der Waals surface area contributed by atoms with Crippen LogP contribution >= 0.6 is 0 Å². The molecule has 3 aromatic heterocycles. The van der Waals surface area contributed by atoms with Crippen LogP contribution in [0.4, 0.5) is 0 Å². The summed E-state index contributed by atoms with van der Waals surface area (Å²) in [5.74, 6) is 1.51. The van der Waals surface area contributed by atoms with Gasteiger partial charge in [-0.2, -0.15) is 19.9 Å². The van der Waals surface area contributed by atoms with Gasteiger partial charge in [-0.3, -0.25) is 4.98 Å². The molecule has 0 aliphatic heterocycles. The normalized spacial score (nSPS) is 10.5. The Morgan fingerprint density at radius 3 is 2.58 bits per heavy atom. The molecule has 0 bridgehead atoms. The van der Waals surface area contributed by atoms with Crippen LogP contribution in [-0.4, -0.2) is 24.6 Å². The molecule has 4 rings (SSSR count). The number of pyridine rings is 1. The molecule has 0 radical (unpaired) electrons. The van der Waals surface area contributed by atoms with Crippen molar-refractivity contribution in [3.05, 3.63) is 66.7 Å². The van der Waals surface area contributed by atoms with E-state index in [1.54, 1.807) is 42.7 Å². The van der Waals surface area contributed by atoms with Crippen molar-refractivity contribution in [2.24, 2.45) is 0 Å². The van der Waals surface area contributed by atoms with Crippen molar-refractivity contribution in [3.8, 4) is 29.0 Å². The van der Waals surface area contributed by atoms with Crippen LogP contribution in [0.5, 0.6) is 11.6 Å². The van der Waals surface area contributed by atoms with E-state index in [4.69, 9.17) is 10.00 Å². The number of hydrogen-bond acceptors (Lipinski definition) is 6. The molecular formula is C17H10N6O. The lowest BCUT2D eigenvalue weighted by Crippen LogP contribution is -1.99. The molecule has 0 unspecified atom stereocenters. The highest BCUT2D eigenvalue weighted by Crippen LogP contribution is 2.26. The first-order valence-electron chi connectivity index (χ1n) is 7.13. The highest BCUT2D eigenvalue weighted by atomic mass is 16.5. The zero-order chi connectivity index (χ0) is 16.4. The maximum Gasteiger partial charge on any atom is 0.255 e. The number of nitrogens with zero attached hydrogens (tertiary/aromatic N) is 6. The second-order valence-corrected chi connectivity index (χ2v) is 4.93. The van der Waals surface area contributed by atoms with Crippen LogP contribution < -0.4 is 4.74 Å². The Kier molecular flexibility index (Phi) is 3.33. The van der Waals surface area contributed by atoms with Gasteiger partial charge in [-0.15, -0.1) is 0 Å². The molecule has 7 heteroatoms. The summed E-state index contributed by atoms with van der Waals surface area (Å²) in [7, 11) is 0. The van der Waals surface area contributed by atoms with Crippen molar-refractivity contribution in [3.63, 3.8) is 0 Å². The minimum atomic E-state index is 0.438. The Morgan fingerprint density at radius 1 is 1.04 bits per heavy atom. The van der Waals surface area contributed by atoms with Gasteiger partial charge in [0.1, 0.15) is 12.1 Å². The molecule has 0 fully saturated rings. The quantitative estimate of drug-likeness (QED) is 0.577. The molecule has 1 aromatic carbocycles. The third kappa shape index (κ3) is 2.53. The van der Waals surface area contributed by atoms with E-state index in [-0.39, 0.29) is 0 Å². The number of aromatic nitrogens is 5. The van der Waals surface area contributed by atoms with Crippen LogP contribution in [0, 0.1) is 11.3 Å². The van der Waals surface area contributed by atoms with E-state index in [0.29, 0.717) is 28.7 Å². The second kappa shape index (κ2) is 5.78. The minimum absolute atomic E-state index is 0.438. The van der Waals surface area contributed by atoms with Crippen molar-refractivity contribution in [1.82, 2.24) is 24.6 Å². The minimum Gasteiger partial charge on any atom is -0.439 e. The Hall–Kier alpha value is -3.79. The van der Waals surface area contributed by atoms with Gasteiger partial charge in [0.15, 0.2) is 0 Å². The Morgan fingerprint density at radius 2 is 1.83 bits per heavy atom. The lowest BCUT2D eigenvalue weighted by atomic mass is 10.2. The van der Waals surface area contributed by atoms with Crippen LogP contribution in [-0.2, 0) is 0 Å². The van der Waals surface area contributed by atoms with Crippen LogP contribution in [0.1, 0.15) is 5.56 Å². The summed E-state index contributed by atoms with van der Waals surface area (Å²) >= 11 is 0. The molecule has 0 N–H and O–H groups in total. The van der Waals surface area contributed by atoms with E-state index in [1.807, 2.05) is 12.1 Å². The van der Waals surface area contributed by atoms with Gasteiger partial charge in [-0.25, -0.2) is 4.98 Å². The maximum atomic E-state index is 8.87. The van der Waals surface area contributed by atoms with Gasteiger partial charge < -0.3 is 4.74 Å². The monoisotopic (exact) mass is 314 g/mol. The number of rotatable bonds is 3. The first-order chi connectivity index (χ1) is 11.8. The molecule has 0 aliphatic rings. The van der Waals surface area contributed by atoms with E-state index in [2.05, 4.69) is 26.1 Å². The Labute approximate surface area is 136 Å². The van der Waals surface area contributed by atoms with E-state index in [9.17, 15) is 0 Å². The van der Waals surface area contributed by atoms with Crippen LogP contribution in [0.15, 0.2) is 61.2 Å². The summed E-state index contributed by atoms with van der Waals surface area (Å²) in [6.45, 7) is 0. The highest BCUT2D eigenvalue weighted by Gasteiger charge is 2.11. The average molecular weight is 314 g/mol. The molecule has 0 saturated carbocycles. The van der Waals surface area contributed by atoms with Crippen molar-refractivity contribution >= 4 is 5.78 Å². The molecular weight excluding hydrogens is 304 g/mol. The first kappa shape index (κ1) is 13.8. The second-order valence-electron chi connectivity index (χ2n) is 4.93. The van der Waals surface area contributed by atoms with Crippen molar-refractivity contribution < 1.29 is 4.74 Å². The van der Waals surface area contributed by atoms with E-state index >= 15 is 0 Å². The SMILES string of the molecule is N#Cc1ccc(Oc2cc(-c3ccncc3)nc3ncnn23)cc1. The molecule has 4 aromatic rings. The fraction of sp³-hybridized carbons (Fsp3) is 0. The summed E-state index contributed by atoms with van der Waals surface area (Å²) in [5.41, 5.74) is 2.18. The number of ether oxygens (including phenoxy) is 1. The van der Waals surface area contributed by atoms with Gasteiger partial charge in [0.2, 0.25) is 5.88 Å². The predicted molar refractivity (Wildman–Crippen MR) is 85.2 cm³/mol. The van der Waals surface area contributed by atoms with Crippen molar-refractivity contribution in [1.29, 1.82) is 5.26 Å². The molecule has 3 heterocycles. The smallest absolute Gasteiger partial charge is 0.255 e. The zero-order valence-corrected chi connectivity index (χ0v) is 12.4. The van der Waals surface area contributed by atoms with Crippen molar-refractivity contribution in [2.75, 3.05) is 0 Å². The van der Waals surface area contributed by atoms with Gasteiger partial charge in [0.05, 0.1) is 17.3 Å². The number of nitriles is 1. The largest absolute Gasteiger partial charge is 0.439 e. The van der Waals surface area contributed by atoms with Gasteiger partial charge in [0.25, 0.3) is 5.78 Å². The number of hydrogen-bond donors (Lipinski definition) is 0. The third-order valence-corrected chi connectivity index (χ3v) is 3.40. The molecule has 0 spiro atoms. The predicted octanol–water partition coefficient (Wildman–Crippen LogP) is 2.85. The molecule has 114 valence electrons. The molecule has 0 amide bonds. The van der Waals surface area contributed by atoms with Gasteiger partial charge >= 0.3 is 0 Å². The summed E-state index contributed by atoms with van der Waals surface area (Å²) in [6.07, 6.45) is 4.82. The Balaban J connectivity index is 1.78. The topological polar surface area (TPSA) is 89.0 Å². The fourth-order valence-electron chi connectivity index (χ4n) is 2.25. The Bertz CT molecular complexity index is 1030. The zero-order valence-electron chi connectivity index (χ0n) is 12.4. The van der Waals surface area contributed by atoms with E-state index < -0.39 is 0 Å². The van der Waals surface area contributed by atoms with E-state index in [0.717, 1.165) is 5.56 Å². The van der Waals surface area contributed by atoms with Crippen molar-refractivity contribution in [2.45, 2.75) is 0 Å². The van der Waals surface area contributed by atoms with Gasteiger partial charge in [-0.05, 0) is 36.4 Å². The standard InChI is InChI=1S/C17H10N6O/c18-10-12-1-3-14(4-2-12)24-16-9-15(13-5-7-19-8-6-13)22-17-20-11-21-23(16)17/h1-9,11H. The third-order valence-electron chi connectivity index (χ3n) is 3.40. The highest BCUT2D eigenvalue weighted by molar-refractivity contribution is 5.61. The van der Waals surface area contributed by atoms with Gasteiger partial charge in [0, 0.05) is 24.0 Å². The van der Waals surface area contributed by atoms with Gasteiger partial charge in [-0.1, -0.05) is 0 Å². The van der Waals surface area contributed by atoms with E-state index in [1.165, 1.54) is 10.8 Å². The summed E-state index contributed by atoms with van der Waals surface area (Å²) in [4.78, 5) is 12.6. The summed E-state index contributed by atoms with van der Waals surface area (Å²) in [5, 5.41) is 13.0. The lowest BCUT2D eigenvalue weighted by Gasteiger charge is -2.09. The molecule has 0 saturated heterocycles. The number of benzene rings is 1. The molecule has 24 heavy (non-hydrogen) atoms. The molecule has 7 nitrogen and oxygen atoms in total. The molecule has 0 atom stereocenters.